The molecule has 2 aromatic rings. The summed E-state index contributed by atoms with van der Waals surface area (Å²) in [6.07, 6.45) is 2.28. The molecule has 10 heteroatoms. The monoisotopic (exact) mass is 454 g/mol. The highest BCUT2D eigenvalue weighted by atomic mass is 35.5. The Labute approximate surface area is 188 Å². The zero-order valence-electron chi connectivity index (χ0n) is 16.9. The van der Waals surface area contributed by atoms with Crippen molar-refractivity contribution in [2.24, 2.45) is 5.41 Å². The van der Waals surface area contributed by atoms with E-state index in [1.165, 1.54) is 12.1 Å². The van der Waals surface area contributed by atoms with Gasteiger partial charge < -0.3 is 4.90 Å². The number of nitro groups is 1. The van der Waals surface area contributed by atoms with Crippen LogP contribution in [0.5, 0.6) is 0 Å². The number of benzene rings is 2. The number of hydrogen-bond donors (Lipinski definition) is 1. The summed E-state index contributed by atoms with van der Waals surface area (Å²) >= 11 is 5.96. The fraction of sp³-hybridized carbons (Fsp3) is 0.318. The highest BCUT2D eigenvalue weighted by Gasteiger charge is 2.62. The van der Waals surface area contributed by atoms with Crippen molar-refractivity contribution in [1.82, 2.24) is 5.32 Å². The quantitative estimate of drug-likeness (QED) is 0.422. The number of amides is 4. The van der Waals surface area contributed by atoms with Crippen molar-refractivity contribution in [3.8, 4) is 0 Å². The van der Waals surface area contributed by atoms with E-state index in [0.717, 1.165) is 23.4 Å². The first-order valence-corrected chi connectivity index (χ1v) is 10.7. The van der Waals surface area contributed by atoms with Gasteiger partial charge in [-0.1, -0.05) is 11.6 Å². The van der Waals surface area contributed by atoms with E-state index in [2.05, 4.69) is 5.32 Å². The molecule has 2 saturated heterocycles. The Morgan fingerprint density at radius 3 is 2.56 bits per heavy atom. The fourth-order valence-corrected chi connectivity index (χ4v) is 5.31. The number of nitrogens with one attached hydrogen (secondary N) is 1. The molecule has 0 unspecified atom stereocenters. The molecule has 3 aliphatic heterocycles. The number of anilines is 2. The van der Waals surface area contributed by atoms with Crippen LogP contribution in [0.4, 0.5) is 21.9 Å². The zero-order chi connectivity index (χ0) is 22.6. The molecule has 0 aliphatic carbocycles. The third-order valence-corrected chi connectivity index (χ3v) is 6.87. The van der Waals surface area contributed by atoms with Crippen LogP contribution < -0.4 is 15.1 Å². The lowest BCUT2D eigenvalue weighted by Crippen LogP contribution is -2.72. The Morgan fingerprint density at radius 2 is 1.84 bits per heavy atom. The molecule has 3 aliphatic rings. The number of hydrogen-bond acceptors (Lipinski definition) is 6. The van der Waals surface area contributed by atoms with E-state index in [1.807, 2.05) is 4.90 Å². The summed E-state index contributed by atoms with van der Waals surface area (Å²) in [6, 6.07) is 9.49. The molecule has 9 nitrogen and oxygen atoms in total. The Kier molecular flexibility index (Phi) is 4.67. The lowest BCUT2D eigenvalue weighted by atomic mass is 9.66. The Morgan fingerprint density at radius 1 is 1.09 bits per heavy atom. The minimum absolute atomic E-state index is 0.0206. The Bertz CT molecular complexity index is 1170. The minimum atomic E-state index is -1.57. The second kappa shape index (κ2) is 7.30. The van der Waals surface area contributed by atoms with Gasteiger partial charge in [0.2, 0.25) is 5.91 Å². The summed E-state index contributed by atoms with van der Waals surface area (Å²) in [5, 5.41) is 14.2. The van der Waals surface area contributed by atoms with Crippen LogP contribution in [-0.2, 0) is 16.0 Å². The predicted molar refractivity (Wildman–Crippen MR) is 117 cm³/mol. The zero-order valence-corrected chi connectivity index (χ0v) is 17.7. The van der Waals surface area contributed by atoms with Gasteiger partial charge in [0.05, 0.1) is 16.7 Å². The van der Waals surface area contributed by atoms with Crippen LogP contribution >= 0.6 is 11.6 Å². The number of fused-ring (bicyclic) bond motifs is 4. The summed E-state index contributed by atoms with van der Waals surface area (Å²) in [7, 11) is 0. The second-order valence-electron chi connectivity index (χ2n) is 8.30. The van der Waals surface area contributed by atoms with Gasteiger partial charge in [-0.25, -0.2) is 9.69 Å². The molecule has 0 radical (unpaired) electrons. The topological polar surface area (TPSA) is 113 Å². The van der Waals surface area contributed by atoms with E-state index in [0.29, 0.717) is 29.2 Å². The second-order valence-corrected chi connectivity index (χ2v) is 8.74. The molecule has 5 rings (SSSR count). The largest absolute Gasteiger partial charge is 0.367 e. The number of halogens is 1. The maximum atomic E-state index is 13.9. The standard InChI is InChI=1S/C22H19ClN4O5/c23-14-4-6-15(7-5-14)26-20(29)22(19(28)24-21(26)30)12-13-11-16(27(31)32)8-9-17(13)25-10-2-1-3-18(22)25/h4-9,11,18H,1-3,10,12H2,(H,24,28,30)/t18-,22+/m1/s1. The summed E-state index contributed by atoms with van der Waals surface area (Å²) in [5.74, 6) is -1.28. The van der Waals surface area contributed by atoms with Gasteiger partial charge in [0.25, 0.3) is 11.6 Å². The van der Waals surface area contributed by atoms with Gasteiger partial charge in [0.15, 0.2) is 5.41 Å². The van der Waals surface area contributed by atoms with Crippen molar-refractivity contribution in [2.75, 3.05) is 16.3 Å². The van der Waals surface area contributed by atoms with E-state index < -0.39 is 34.2 Å². The van der Waals surface area contributed by atoms with E-state index >= 15 is 0 Å². The van der Waals surface area contributed by atoms with Crippen molar-refractivity contribution >= 4 is 46.5 Å². The predicted octanol–water partition coefficient (Wildman–Crippen LogP) is 3.43. The number of nitrogens with zero attached hydrogens (tertiary/aromatic N) is 3. The van der Waals surface area contributed by atoms with Crippen LogP contribution in [0.15, 0.2) is 42.5 Å². The van der Waals surface area contributed by atoms with Crippen LogP contribution in [0, 0.1) is 15.5 Å². The van der Waals surface area contributed by atoms with Crippen LogP contribution in [-0.4, -0.2) is 35.4 Å². The summed E-state index contributed by atoms with van der Waals surface area (Å²) in [6.45, 7) is 0.618. The normalized spacial score (nSPS) is 24.8. The van der Waals surface area contributed by atoms with Crippen molar-refractivity contribution in [2.45, 2.75) is 31.7 Å². The molecule has 2 aromatic carbocycles. The minimum Gasteiger partial charge on any atom is -0.367 e. The summed E-state index contributed by atoms with van der Waals surface area (Å²) in [4.78, 5) is 53.8. The first-order chi connectivity index (χ1) is 15.3. The molecule has 0 saturated carbocycles. The summed E-state index contributed by atoms with van der Waals surface area (Å²) in [5.41, 5.74) is -0.0386. The summed E-state index contributed by atoms with van der Waals surface area (Å²) < 4.78 is 0. The van der Waals surface area contributed by atoms with Crippen molar-refractivity contribution < 1.29 is 19.3 Å². The van der Waals surface area contributed by atoms with Gasteiger partial charge >= 0.3 is 6.03 Å². The van der Waals surface area contributed by atoms with Crippen molar-refractivity contribution in [1.29, 1.82) is 0 Å². The number of carbonyl (C=O) groups is 3. The van der Waals surface area contributed by atoms with Gasteiger partial charge in [-0.2, -0.15) is 0 Å². The van der Waals surface area contributed by atoms with E-state index in [1.54, 1.807) is 30.3 Å². The number of piperidine rings is 1. The number of urea groups is 1. The number of barbiturate groups is 1. The van der Waals surface area contributed by atoms with Crippen LogP contribution in [0.3, 0.4) is 0 Å². The number of nitro benzene ring substituents is 1. The number of carbonyl (C=O) groups excluding carboxylic acids is 3. The lowest BCUT2D eigenvalue weighted by molar-refractivity contribution is -0.384. The third kappa shape index (κ3) is 2.88. The fourth-order valence-electron chi connectivity index (χ4n) is 5.19. The Balaban J connectivity index is 1.66. The number of non-ortho nitro benzene ring substituents is 1. The smallest absolute Gasteiger partial charge is 0.335 e. The van der Waals surface area contributed by atoms with E-state index in [9.17, 15) is 24.5 Å². The molecule has 32 heavy (non-hydrogen) atoms. The first kappa shape index (κ1) is 20.4. The molecule has 4 amide bonds. The highest BCUT2D eigenvalue weighted by Crippen LogP contribution is 2.48. The molecule has 1 N–H and O–H groups in total. The van der Waals surface area contributed by atoms with Crippen molar-refractivity contribution in [3.05, 3.63) is 63.2 Å². The molecular weight excluding hydrogens is 436 g/mol. The maximum absolute atomic E-state index is 13.9. The molecule has 1 spiro atoms. The van der Waals surface area contributed by atoms with E-state index in [4.69, 9.17) is 11.6 Å². The van der Waals surface area contributed by atoms with Crippen LogP contribution in [0.2, 0.25) is 5.02 Å². The Hall–Kier alpha value is -3.46. The average Bonchev–Trinajstić information content (AvgIpc) is 2.78. The average molecular weight is 455 g/mol. The van der Waals surface area contributed by atoms with Crippen LogP contribution in [0.1, 0.15) is 24.8 Å². The van der Waals surface area contributed by atoms with Gasteiger partial charge in [0, 0.05) is 35.8 Å². The number of imide groups is 2. The van der Waals surface area contributed by atoms with Gasteiger partial charge in [-0.15, -0.1) is 0 Å². The third-order valence-electron chi connectivity index (χ3n) is 6.62. The van der Waals surface area contributed by atoms with E-state index in [-0.39, 0.29) is 12.1 Å². The van der Waals surface area contributed by atoms with Gasteiger partial charge in [-0.05, 0) is 55.2 Å². The first-order valence-electron chi connectivity index (χ1n) is 10.3. The van der Waals surface area contributed by atoms with Crippen molar-refractivity contribution in [3.63, 3.8) is 0 Å². The van der Waals surface area contributed by atoms with Gasteiger partial charge in [-0.3, -0.25) is 25.0 Å². The molecule has 2 atom stereocenters. The van der Waals surface area contributed by atoms with Crippen LogP contribution in [0.25, 0.3) is 0 Å². The molecule has 0 aromatic heterocycles. The lowest BCUT2D eigenvalue weighted by Gasteiger charge is -2.53. The SMILES string of the molecule is O=C1NC(=O)[C@@]2(Cc3cc([N+](=O)[O-])ccc3N3CCCC[C@@H]32)C(=O)N1c1ccc(Cl)cc1. The maximum Gasteiger partial charge on any atom is 0.335 e. The molecule has 2 fully saturated rings. The molecule has 3 heterocycles. The van der Waals surface area contributed by atoms with Gasteiger partial charge in [0.1, 0.15) is 0 Å². The molecule has 0 bridgehead atoms. The highest BCUT2D eigenvalue weighted by molar-refractivity contribution is 6.32. The molecular formula is C22H19ClN4O5. The molecule has 164 valence electrons. The number of rotatable bonds is 2.